The van der Waals surface area contributed by atoms with Crippen LogP contribution in [0.4, 0.5) is 13.2 Å². The highest BCUT2D eigenvalue weighted by molar-refractivity contribution is 6.30. The van der Waals surface area contributed by atoms with Gasteiger partial charge in [0.05, 0.1) is 0 Å². The molecule has 1 N–H and O–H groups in total. The van der Waals surface area contributed by atoms with Crippen LogP contribution in [0.3, 0.4) is 0 Å². The molecule has 0 spiro atoms. The molecule has 0 aromatic heterocycles. The number of nitrogens with zero attached hydrogens (tertiary/aromatic N) is 1. The van der Waals surface area contributed by atoms with Crippen molar-refractivity contribution in [1.82, 2.24) is 10.4 Å². The number of allylic oxidation sites excluding steroid dienone is 2. The van der Waals surface area contributed by atoms with E-state index in [-0.39, 0.29) is 5.92 Å². The number of hydrogen-bond acceptors (Lipinski definition) is 2. The summed E-state index contributed by atoms with van der Waals surface area (Å²) < 4.78 is 38.9. The van der Waals surface area contributed by atoms with Crippen molar-refractivity contribution < 1.29 is 13.2 Å². The van der Waals surface area contributed by atoms with Crippen molar-refractivity contribution >= 4 is 11.6 Å². The minimum Gasteiger partial charge on any atom is -0.305 e. The second-order valence-corrected chi connectivity index (χ2v) is 4.81. The fourth-order valence-electron chi connectivity index (χ4n) is 2.23. The van der Waals surface area contributed by atoms with Gasteiger partial charge in [0.15, 0.2) is 0 Å². The fraction of sp³-hybridized carbons (Fsp3) is 0.385. The van der Waals surface area contributed by atoms with Gasteiger partial charge in [0.1, 0.15) is 5.70 Å². The maximum Gasteiger partial charge on any atom is 0.432 e. The Balaban J connectivity index is 2.34. The van der Waals surface area contributed by atoms with E-state index in [1.54, 1.807) is 24.3 Å². The molecule has 19 heavy (non-hydrogen) atoms. The van der Waals surface area contributed by atoms with E-state index in [4.69, 9.17) is 11.6 Å². The topological polar surface area (TPSA) is 15.3 Å². The van der Waals surface area contributed by atoms with Crippen LogP contribution in [0.5, 0.6) is 0 Å². The lowest BCUT2D eigenvalue weighted by Gasteiger charge is -2.34. The van der Waals surface area contributed by atoms with Gasteiger partial charge >= 0.3 is 6.18 Å². The van der Waals surface area contributed by atoms with Gasteiger partial charge in [0, 0.05) is 24.5 Å². The van der Waals surface area contributed by atoms with Gasteiger partial charge in [-0.2, -0.15) is 13.2 Å². The highest BCUT2D eigenvalue weighted by atomic mass is 35.5. The van der Waals surface area contributed by atoms with Gasteiger partial charge in [-0.15, -0.1) is 0 Å². The van der Waals surface area contributed by atoms with Gasteiger partial charge in [-0.25, -0.2) is 5.43 Å². The van der Waals surface area contributed by atoms with Crippen molar-refractivity contribution in [3.63, 3.8) is 0 Å². The third-order valence-electron chi connectivity index (χ3n) is 3.15. The first-order valence-electron chi connectivity index (χ1n) is 5.91. The fourth-order valence-corrected chi connectivity index (χ4v) is 2.43. The Hall–Kier alpha value is -1.20. The molecule has 0 bridgehead atoms. The molecule has 2 nitrogen and oxygen atoms in total. The Morgan fingerprint density at radius 3 is 2.68 bits per heavy atom. The van der Waals surface area contributed by atoms with E-state index in [1.807, 2.05) is 0 Å². The highest BCUT2D eigenvalue weighted by Gasteiger charge is 2.40. The van der Waals surface area contributed by atoms with Crippen molar-refractivity contribution in [2.24, 2.45) is 0 Å². The smallest absolute Gasteiger partial charge is 0.305 e. The van der Waals surface area contributed by atoms with E-state index >= 15 is 0 Å². The number of hydrazine groups is 1. The Bertz CT molecular complexity index is 485. The van der Waals surface area contributed by atoms with E-state index in [0.29, 0.717) is 18.0 Å². The van der Waals surface area contributed by atoms with Crippen LogP contribution >= 0.6 is 11.6 Å². The monoisotopic (exact) mass is 290 g/mol. The Morgan fingerprint density at radius 2 is 2.11 bits per heavy atom. The zero-order valence-corrected chi connectivity index (χ0v) is 11.1. The summed E-state index contributed by atoms with van der Waals surface area (Å²) in [5.41, 5.74) is 2.73. The van der Waals surface area contributed by atoms with Crippen molar-refractivity contribution in [3.8, 4) is 0 Å². The summed E-state index contributed by atoms with van der Waals surface area (Å²) in [5, 5.41) is 1.66. The van der Waals surface area contributed by atoms with Gasteiger partial charge in [-0.05, 0) is 30.2 Å². The molecule has 0 saturated heterocycles. The number of alkyl halides is 3. The summed E-state index contributed by atoms with van der Waals surface area (Å²) in [6.45, 7) is 0.305. The molecule has 6 heteroatoms. The van der Waals surface area contributed by atoms with Crippen LogP contribution in [-0.2, 0) is 0 Å². The molecule has 104 valence electrons. The zero-order valence-electron chi connectivity index (χ0n) is 10.3. The lowest BCUT2D eigenvalue weighted by molar-refractivity contribution is -0.118. The van der Waals surface area contributed by atoms with Crippen LogP contribution in [0, 0.1) is 0 Å². The molecule has 1 unspecified atom stereocenters. The molecule has 1 aliphatic heterocycles. The maximum absolute atomic E-state index is 13.0. The van der Waals surface area contributed by atoms with Crippen LogP contribution in [0.15, 0.2) is 36.0 Å². The number of hydrogen-bond donors (Lipinski definition) is 1. The van der Waals surface area contributed by atoms with E-state index in [0.717, 1.165) is 10.6 Å². The number of nitrogens with one attached hydrogen (secondary N) is 1. The molecule has 0 radical (unpaired) electrons. The quantitative estimate of drug-likeness (QED) is 0.893. The lowest BCUT2D eigenvalue weighted by Crippen LogP contribution is -2.43. The molecule has 1 heterocycles. The standard InChI is InChI=1S/C13H14ClF3N2/c1-18-19-6-5-10(8-12(19)13(15,16)17)9-3-2-4-11(14)7-9/h2-4,7-8,10,18H,5-6H2,1H3. The van der Waals surface area contributed by atoms with E-state index < -0.39 is 11.9 Å². The predicted molar refractivity (Wildman–Crippen MR) is 68.7 cm³/mol. The molecule has 1 aliphatic rings. The molecule has 1 aromatic carbocycles. The van der Waals surface area contributed by atoms with Crippen LogP contribution in [0.1, 0.15) is 17.9 Å². The van der Waals surface area contributed by atoms with Crippen molar-refractivity contribution in [2.75, 3.05) is 13.6 Å². The van der Waals surface area contributed by atoms with E-state index in [2.05, 4.69) is 5.43 Å². The minimum absolute atomic E-state index is 0.264. The first-order chi connectivity index (χ1) is 8.91. The summed E-state index contributed by atoms with van der Waals surface area (Å²) in [7, 11) is 1.49. The number of rotatable bonds is 2. The highest BCUT2D eigenvalue weighted by Crippen LogP contribution is 2.36. The average Bonchev–Trinajstić information content (AvgIpc) is 2.37. The summed E-state index contributed by atoms with van der Waals surface area (Å²) in [6.07, 6.45) is -2.49. The van der Waals surface area contributed by atoms with Gasteiger partial charge in [-0.1, -0.05) is 23.7 Å². The number of benzene rings is 1. The normalized spacial score (nSPS) is 20.4. The molecule has 0 amide bonds. The van der Waals surface area contributed by atoms with Gasteiger partial charge < -0.3 is 5.01 Å². The maximum atomic E-state index is 13.0. The summed E-state index contributed by atoms with van der Waals surface area (Å²) >= 11 is 5.88. The molecule has 0 fully saturated rings. The van der Waals surface area contributed by atoms with Crippen LogP contribution in [0.2, 0.25) is 5.02 Å². The van der Waals surface area contributed by atoms with E-state index in [9.17, 15) is 13.2 Å². The predicted octanol–water partition coefficient (Wildman–Crippen LogP) is 3.71. The molecular weight excluding hydrogens is 277 g/mol. The Kier molecular flexibility index (Phi) is 4.06. The van der Waals surface area contributed by atoms with E-state index in [1.165, 1.54) is 13.1 Å². The zero-order chi connectivity index (χ0) is 14.0. The number of halogens is 4. The Labute approximate surface area is 114 Å². The molecule has 0 aliphatic carbocycles. The third kappa shape index (κ3) is 3.22. The Morgan fingerprint density at radius 1 is 1.37 bits per heavy atom. The van der Waals surface area contributed by atoms with Gasteiger partial charge in [0.2, 0.25) is 0 Å². The summed E-state index contributed by atoms with van der Waals surface area (Å²) in [5.74, 6) is -0.264. The van der Waals surface area contributed by atoms with Gasteiger partial charge in [0.25, 0.3) is 0 Å². The SMILES string of the molecule is CNN1CCC(c2cccc(Cl)c2)C=C1C(F)(F)F. The molecule has 2 rings (SSSR count). The van der Waals surface area contributed by atoms with Crippen molar-refractivity contribution in [3.05, 3.63) is 46.6 Å². The minimum atomic E-state index is -4.36. The first kappa shape index (κ1) is 14.2. The molecule has 1 atom stereocenters. The average molecular weight is 291 g/mol. The summed E-state index contributed by atoms with van der Waals surface area (Å²) in [6, 6.07) is 6.98. The molecular formula is C13H14ClF3N2. The van der Waals surface area contributed by atoms with Crippen LogP contribution in [-0.4, -0.2) is 24.8 Å². The largest absolute Gasteiger partial charge is 0.432 e. The lowest BCUT2D eigenvalue weighted by atomic mass is 9.92. The third-order valence-corrected chi connectivity index (χ3v) is 3.39. The van der Waals surface area contributed by atoms with Gasteiger partial charge in [-0.3, -0.25) is 0 Å². The summed E-state index contributed by atoms with van der Waals surface area (Å²) in [4.78, 5) is 0. The first-order valence-corrected chi connectivity index (χ1v) is 6.29. The van der Waals surface area contributed by atoms with Crippen LogP contribution in [0.25, 0.3) is 0 Å². The second kappa shape index (κ2) is 5.43. The molecule has 0 saturated carbocycles. The molecule has 1 aromatic rings. The van der Waals surface area contributed by atoms with Crippen molar-refractivity contribution in [1.29, 1.82) is 0 Å². The van der Waals surface area contributed by atoms with Crippen molar-refractivity contribution in [2.45, 2.75) is 18.5 Å². The van der Waals surface area contributed by atoms with Crippen LogP contribution < -0.4 is 5.43 Å². The second-order valence-electron chi connectivity index (χ2n) is 4.38.